The number of benzene rings is 2. The van der Waals surface area contributed by atoms with E-state index < -0.39 is 0 Å². The number of nitrogens with one attached hydrogen (secondary N) is 3. The van der Waals surface area contributed by atoms with Crippen LogP contribution in [-0.2, 0) is 4.84 Å². The van der Waals surface area contributed by atoms with Gasteiger partial charge in [-0.2, -0.15) is 25.4 Å². The van der Waals surface area contributed by atoms with Crippen LogP contribution in [0.25, 0.3) is 0 Å². The smallest absolute Gasteiger partial charge is 0.320 e. The number of aryl methyl sites for hydroxylation is 2. The van der Waals surface area contributed by atoms with Gasteiger partial charge in [0.15, 0.2) is 23.3 Å². The Morgan fingerprint density at radius 1 is 0.938 bits per heavy atom. The number of ether oxygens (including phenoxy) is 1. The normalized spacial score (nSPS) is 14.9. The van der Waals surface area contributed by atoms with E-state index >= 15 is 0 Å². The second-order valence-electron chi connectivity index (χ2n) is 18.9. The number of nitrogens with zero attached hydrogens (tertiary/aromatic N) is 10. The molecule has 2 aliphatic heterocycles. The number of nitrogen functional groups attached to an aromatic ring is 1. The molecule has 0 radical (unpaired) electrons. The SMILES string of the molecule is CONC(=O)c1ccc(C)c(Nc2nc(OCCC3CCCN3C)nc(N(C)CC(C)(C)C)c2C#N)c1.Cc1ccc(C2=NN=CC2)cc1Nc1ncnc(N(C)CC(C)(C)C)c1N. The summed E-state index contributed by atoms with van der Waals surface area (Å²) in [6, 6.07) is 14.4. The molecule has 6 rings (SSSR count). The van der Waals surface area contributed by atoms with Crippen molar-refractivity contribution in [2.45, 2.75) is 87.1 Å². The number of rotatable bonds is 15. The number of nitrogens with two attached hydrogens (primary N) is 1. The number of anilines is 7. The summed E-state index contributed by atoms with van der Waals surface area (Å²) in [7, 11) is 7.43. The fraction of sp³-hybridized carbons (Fsp3) is 0.489. The quantitative estimate of drug-likeness (QED) is 0.0841. The van der Waals surface area contributed by atoms with E-state index in [1.807, 2.05) is 45.1 Å². The van der Waals surface area contributed by atoms with Crippen LogP contribution in [0.5, 0.6) is 6.01 Å². The molecule has 5 N–H and O–H groups in total. The third-order valence-corrected chi connectivity index (χ3v) is 10.7. The lowest BCUT2D eigenvalue weighted by molar-refractivity contribution is 0.0537. The molecule has 2 aromatic carbocycles. The first-order valence-corrected chi connectivity index (χ1v) is 21.6. The summed E-state index contributed by atoms with van der Waals surface area (Å²) in [6.07, 6.45) is 7.34. The van der Waals surface area contributed by atoms with E-state index in [2.05, 4.69) is 129 Å². The summed E-state index contributed by atoms with van der Waals surface area (Å²) in [6.45, 7) is 20.0. The van der Waals surface area contributed by atoms with E-state index in [-0.39, 0.29) is 22.7 Å². The van der Waals surface area contributed by atoms with Crippen LogP contribution in [0.1, 0.15) is 99.8 Å². The average Bonchev–Trinajstić information content (AvgIpc) is 3.91. The maximum Gasteiger partial charge on any atom is 0.320 e. The fourth-order valence-corrected chi connectivity index (χ4v) is 7.65. The van der Waals surface area contributed by atoms with Gasteiger partial charge in [-0.1, -0.05) is 59.7 Å². The lowest BCUT2D eigenvalue weighted by atomic mass is 9.96. The Bertz CT molecular complexity index is 2360. The van der Waals surface area contributed by atoms with Gasteiger partial charge in [0.1, 0.15) is 23.6 Å². The Kier molecular flexibility index (Phi) is 16.2. The zero-order valence-corrected chi connectivity index (χ0v) is 39.6. The molecular weight excluding hydrogens is 809 g/mol. The van der Waals surface area contributed by atoms with Gasteiger partial charge in [-0.15, -0.1) is 0 Å². The van der Waals surface area contributed by atoms with Crippen molar-refractivity contribution in [3.05, 3.63) is 70.5 Å². The first kappa shape index (κ1) is 48.6. The van der Waals surface area contributed by atoms with Crippen LogP contribution in [0.3, 0.4) is 0 Å². The molecule has 1 unspecified atom stereocenters. The molecule has 17 heteroatoms. The Morgan fingerprint density at radius 2 is 1.59 bits per heavy atom. The van der Waals surface area contributed by atoms with E-state index in [1.165, 1.54) is 13.5 Å². The highest BCUT2D eigenvalue weighted by molar-refractivity contribution is 6.10. The van der Waals surface area contributed by atoms with Crippen molar-refractivity contribution in [1.29, 1.82) is 5.26 Å². The number of hydrogen-bond donors (Lipinski definition) is 4. The van der Waals surface area contributed by atoms with Crippen LogP contribution in [0.4, 0.5) is 40.3 Å². The molecule has 17 nitrogen and oxygen atoms in total. The average molecular weight is 875 g/mol. The van der Waals surface area contributed by atoms with Gasteiger partial charge in [0.05, 0.1) is 19.4 Å². The molecule has 1 saturated heterocycles. The van der Waals surface area contributed by atoms with Crippen molar-refractivity contribution in [2.75, 3.05) is 80.7 Å². The van der Waals surface area contributed by atoms with E-state index in [0.29, 0.717) is 59.1 Å². The minimum atomic E-state index is -0.375. The lowest BCUT2D eigenvalue weighted by Crippen LogP contribution is -2.31. The Labute approximate surface area is 378 Å². The van der Waals surface area contributed by atoms with Gasteiger partial charge in [0, 0.05) is 68.4 Å². The second kappa shape index (κ2) is 21.3. The highest BCUT2D eigenvalue weighted by Crippen LogP contribution is 2.33. The van der Waals surface area contributed by atoms with Crippen LogP contribution in [0.15, 0.2) is 52.9 Å². The van der Waals surface area contributed by atoms with Crippen LogP contribution in [0.2, 0.25) is 0 Å². The fourth-order valence-electron chi connectivity index (χ4n) is 7.65. The monoisotopic (exact) mass is 875 g/mol. The minimum absolute atomic E-state index is 0.0201. The maximum absolute atomic E-state index is 12.3. The van der Waals surface area contributed by atoms with E-state index in [4.69, 9.17) is 15.3 Å². The molecular formula is C47H66N14O3. The molecule has 2 aliphatic rings. The number of likely N-dealkylation sites (tertiary alicyclic amines) is 1. The molecule has 4 heterocycles. The Balaban J connectivity index is 0.000000253. The van der Waals surface area contributed by atoms with Crippen molar-refractivity contribution in [2.24, 2.45) is 21.0 Å². The number of nitriles is 1. The summed E-state index contributed by atoms with van der Waals surface area (Å²) in [4.78, 5) is 41.4. The summed E-state index contributed by atoms with van der Waals surface area (Å²) < 4.78 is 6.03. The van der Waals surface area contributed by atoms with Crippen molar-refractivity contribution in [3.63, 3.8) is 0 Å². The summed E-state index contributed by atoms with van der Waals surface area (Å²) >= 11 is 0. The number of amides is 1. The van der Waals surface area contributed by atoms with Gasteiger partial charge in [0.25, 0.3) is 5.91 Å². The molecule has 4 aromatic rings. The van der Waals surface area contributed by atoms with Crippen LogP contribution >= 0.6 is 0 Å². The van der Waals surface area contributed by atoms with Crippen LogP contribution in [-0.4, -0.2) is 103 Å². The number of hydroxylamine groups is 1. The molecule has 1 atom stereocenters. The number of carbonyl (C=O) groups excluding carboxylic acids is 1. The van der Waals surface area contributed by atoms with Gasteiger partial charge < -0.3 is 35.8 Å². The predicted octanol–water partition coefficient (Wildman–Crippen LogP) is 7.81. The molecule has 2 aromatic heterocycles. The Morgan fingerprint density at radius 3 is 2.20 bits per heavy atom. The Hall–Kier alpha value is -6.38. The first-order valence-electron chi connectivity index (χ1n) is 21.6. The predicted molar refractivity (Wildman–Crippen MR) is 257 cm³/mol. The van der Waals surface area contributed by atoms with E-state index in [9.17, 15) is 10.1 Å². The van der Waals surface area contributed by atoms with Crippen LogP contribution in [0, 0.1) is 36.0 Å². The molecule has 0 saturated carbocycles. The summed E-state index contributed by atoms with van der Waals surface area (Å²) in [5, 5.41) is 24.9. The van der Waals surface area contributed by atoms with Gasteiger partial charge >= 0.3 is 6.01 Å². The molecule has 342 valence electrons. The van der Waals surface area contributed by atoms with Crippen LogP contribution < -0.4 is 36.4 Å². The molecule has 0 bridgehead atoms. The van der Waals surface area contributed by atoms with Gasteiger partial charge in [-0.25, -0.2) is 15.4 Å². The molecule has 0 spiro atoms. The molecule has 0 aliphatic carbocycles. The van der Waals surface area contributed by atoms with Crippen molar-refractivity contribution in [1.82, 2.24) is 30.3 Å². The summed E-state index contributed by atoms with van der Waals surface area (Å²) in [5.74, 6) is 1.78. The maximum atomic E-state index is 12.3. The van der Waals surface area contributed by atoms with E-state index in [0.717, 1.165) is 66.3 Å². The highest BCUT2D eigenvalue weighted by Gasteiger charge is 2.25. The van der Waals surface area contributed by atoms with Gasteiger partial charge in [0.2, 0.25) is 0 Å². The zero-order valence-electron chi connectivity index (χ0n) is 39.6. The summed E-state index contributed by atoms with van der Waals surface area (Å²) in [5.41, 5.74) is 15.6. The van der Waals surface area contributed by atoms with Gasteiger partial charge in [-0.3, -0.25) is 9.63 Å². The second-order valence-corrected chi connectivity index (χ2v) is 18.9. The van der Waals surface area contributed by atoms with Crippen molar-refractivity contribution < 1.29 is 14.4 Å². The minimum Gasteiger partial charge on any atom is -0.463 e. The standard InChI is InChI=1S/C27H39N7O3.C20H27N7/c1-18-10-11-19(25(35)32-36-7)15-22(18)29-23-21(16-28)24(34(6)17-27(2,3)4)31-26(30-23)37-14-12-20-9-8-13-33(20)5;1-13-6-7-14(15-8-9-24-26-15)10-16(13)25-18-17(21)19(23-12-22-18)27(5)11-20(2,3)4/h10-11,15,20H,8-9,12-14,17H2,1-7H3,(H,32,35)(H,29,30,31);6-7,9-10,12H,8,11,21H2,1-5H3,(H,22,23,25). The number of hydrogen-bond acceptors (Lipinski definition) is 16. The topological polar surface area (TPSA) is 207 Å². The third kappa shape index (κ3) is 13.3. The largest absolute Gasteiger partial charge is 0.463 e. The molecule has 1 amide bonds. The van der Waals surface area contributed by atoms with Crippen molar-refractivity contribution in [3.8, 4) is 12.1 Å². The first-order chi connectivity index (χ1) is 30.3. The zero-order chi connectivity index (χ0) is 46.8. The third-order valence-electron chi connectivity index (χ3n) is 10.7. The van der Waals surface area contributed by atoms with Gasteiger partial charge in [-0.05, 0) is 86.9 Å². The lowest BCUT2D eigenvalue weighted by Gasteiger charge is -2.28. The molecule has 64 heavy (non-hydrogen) atoms. The molecule has 1 fully saturated rings. The van der Waals surface area contributed by atoms with E-state index in [1.54, 1.807) is 18.5 Å². The number of carbonyl (C=O) groups is 1. The number of aromatic nitrogens is 4. The van der Waals surface area contributed by atoms with Crippen molar-refractivity contribution >= 4 is 58.2 Å². The highest BCUT2D eigenvalue weighted by atomic mass is 16.6.